The van der Waals surface area contributed by atoms with Gasteiger partial charge in [0.05, 0.1) is 0 Å². The van der Waals surface area contributed by atoms with E-state index in [1.807, 2.05) is 12.1 Å². The van der Waals surface area contributed by atoms with Gasteiger partial charge in [0.15, 0.2) is 0 Å². The van der Waals surface area contributed by atoms with Crippen molar-refractivity contribution in [3.63, 3.8) is 0 Å². The van der Waals surface area contributed by atoms with Crippen molar-refractivity contribution in [3.8, 4) is 11.6 Å². The molecule has 0 spiro atoms. The second-order valence-electron chi connectivity index (χ2n) is 8.53. The topological polar surface area (TPSA) is 94.7 Å². The third-order valence-corrected chi connectivity index (χ3v) is 6.09. The first-order chi connectivity index (χ1) is 17.0. The van der Waals surface area contributed by atoms with Crippen molar-refractivity contribution in [3.05, 3.63) is 65.9 Å². The molecule has 0 radical (unpaired) electrons. The first-order valence-corrected chi connectivity index (χ1v) is 11.9. The number of carbonyl (C=O) groups is 1. The number of carbonyl (C=O) groups excluding carboxylic acids is 1. The van der Waals surface area contributed by atoms with Gasteiger partial charge in [0.2, 0.25) is 11.8 Å². The number of piperazine rings is 1. The number of amides is 2. The zero-order chi connectivity index (χ0) is 24.6. The van der Waals surface area contributed by atoms with E-state index in [9.17, 15) is 4.79 Å². The number of anilines is 3. The van der Waals surface area contributed by atoms with Gasteiger partial charge in [-0.25, -0.2) is 9.78 Å². The molecule has 0 atom stereocenters. The molecule has 35 heavy (non-hydrogen) atoms. The normalized spacial score (nSPS) is 14.4. The molecule has 2 amide bonds. The molecule has 1 aliphatic heterocycles. The van der Waals surface area contributed by atoms with Crippen LogP contribution < -0.4 is 20.7 Å². The number of rotatable bonds is 8. The summed E-state index contributed by atoms with van der Waals surface area (Å²) in [5.74, 6) is 1.53. The molecular formula is C26H33N7O2. The van der Waals surface area contributed by atoms with Gasteiger partial charge in [0.25, 0.3) is 0 Å². The van der Waals surface area contributed by atoms with E-state index in [2.05, 4.69) is 55.6 Å². The van der Waals surface area contributed by atoms with Gasteiger partial charge in [-0.3, -0.25) is 4.90 Å². The predicted octanol–water partition coefficient (Wildman–Crippen LogP) is 4.40. The molecule has 1 aromatic heterocycles. The Kier molecular flexibility index (Phi) is 8.12. The third kappa shape index (κ3) is 6.91. The van der Waals surface area contributed by atoms with E-state index in [0.29, 0.717) is 23.3 Å². The number of hydrogen-bond donors (Lipinski definition) is 3. The fraction of sp³-hybridized carbons (Fsp3) is 0.346. The van der Waals surface area contributed by atoms with Crippen molar-refractivity contribution < 1.29 is 9.53 Å². The minimum atomic E-state index is -0.295. The molecule has 9 heteroatoms. The third-order valence-electron chi connectivity index (χ3n) is 6.09. The Labute approximate surface area is 206 Å². The Bertz CT molecular complexity index is 1130. The number of ether oxygens (including phenoxy) is 1. The Hall–Kier alpha value is -3.69. The van der Waals surface area contributed by atoms with Crippen molar-refractivity contribution in [2.24, 2.45) is 0 Å². The molecule has 1 fully saturated rings. The zero-order valence-electron chi connectivity index (χ0n) is 20.5. The molecule has 1 aliphatic rings. The number of aryl methyl sites for hydroxylation is 1. The van der Waals surface area contributed by atoms with E-state index in [0.717, 1.165) is 45.0 Å². The van der Waals surface area contributed by atoms with Gasteiger partial charge >= 0.3 is 6.03 Å². The van der Waals surface area contributed by atoms with Crippen molar-refractivity contribution in [1.82, 2.24) is 19.8 Å². The molecule has 0 saturated carbocycles. The fourth-order valence-electron chi connectivity index (χ4n) is 4.00. The Morgan fingerprint density at radius 3 is 2.34 bits per heavy atom. The van der Waals surface area contributed by atoms with Crippen LogP contribution in [0.25, 0.3) is 0 Å². The SMILES string of the molecule is CCN1CCN(Cc2ccc(NC(=O)Nc3ccc(Oc4ccnc(NC)n4)cc3)cc2C)CC1. The summed E-state index contributed by atoms with van der Waals surface area (Å²) in [6, 6.07) is 14.6. The molecule has 0 unspecified atom stereocenters. The number of benzene rings is 2. The molecule has 0 aliphatic carbocycles. The Morgan fingerprint density at radius 1 is 0.971 bits per heavy atom. The average Bonchev–Trinajstić information content (AvgIpc) is 2.87. The maximum Gasteiger partial charge on any atom is 0.323 e. The van der Waals surface area contributed by atoms with E-state index in [-0.39, 0.29) is 6.03 Å². The fourth-order valence-corrected chi connectivity index (χ4v) is 4.00. The summed E-state index contributed by atoms with van der Waals surface area (Å²) in [4.78, 5) is 25.8. The lowest BCUT2D eigenvalue weighted by molar-refractivity contribution is 0.132. The van der Waals surface area contributed by atoms with Crippen molar-refractivity contribution in [2.45, 2.75) is 20.4 Å². The zero-order valence-corrected chi connectivity index (χ0v) is 20.5. The van der Waals surface area contributed by atoms with Crippen LogP contribution in [-0.2, 0) is 6.54 Å². The quantitative estimate of drug-likeness (QED) is 0.444. The highest BCUT2D eigenvalue weighted by molar-refractivity contribution is 5.99. The van der Waals surface area contributed by atoms with Crippen molar-refractivity contribution >= 4 is 23.4 Å². The number of nitrogens with zero attached hydrogens (tertiary/aromatic N) is 4. The van der Waals surface area contributed by atoms with Gasteiger partial charge in [-0.1, -0.05) is 13.0 Å². The van der Waals surface area contributed by atoms with Gasteiger partial charge in [-0.2, -0.15) is 4.98 Å². The summed E-state index contributed by atoms with van der Waals surface area (Å²) in [6.07, 6.45) is 1.62. The summed E-state index contributed by atoms with van der Waals surface area (Å²) in [5.41, 5.74) is 3.90. The Balaban J connectivity index is 1.28. The summed E-state index contributed by atoms with van der Waals surface area (Å²) >= 11 is 0. The minimum absolute atomic E-state index is 0.295. The molecule has 3 N–H and O–H groups in total. The van der Waals surface area contributed by atoms with Crippen LogP contribution in [-0.4, -0.2) is 65.6 Å². The second-order valence-corrected chi connectivity index (χ2v) is 8.53. The lowest BCUT2D eigenvalue weighted by Crippen LogP contribution is -2.45. The van der Waals surface area contributed by atoms with Crippen LogP contribution >= 0.6 is 0 Å². The molecule has 184 valence electrons. The highest BCUT2D eigenvalue weighted by Gasteiger charge is 2.16. The molecule has 9 nitrogen and oxygen atoms in total. The molecule has 2 heterocycles. The molecule has 0 bridgehead atoms. The summed E-state index contributed by atoms with van der Waals surface area (Å²) in [6.45, 7) is 10.8. The van der Waals surface area contributed by atoms with Gasteiger partial charge in [0.1, 0.15) is 5.75 Å². The monoisotopic (exact) mass is 475 g/mol. The van der Waals surface area contributed by atoms with Gasteiger partial charge < -0.3 is 25.6 Å². The average molecular weight is 476 g/mol. The van der Waals surface area contributed by atoms with Crippen LogP contribution in [0.2, 0.25) is 0 Å². The number of nitrogens with one attached hydrogen (secondary N) is 3. The smallest absolute Gasteiger partial charge is 0.323 e. The first kappa shape index (κ1) is 24.4. The lowest BCUT2D eigenvalue weighted by atomic mass is 10.1. The van der Waals surface area contributed by atoms with E-state index >= 15 is 0 Å². The number of aromatic nitrogens is 2. The highest BCUT2D eigenvalue weighted by Crippen LogP contribution is 2.22. The molecular weight excluding hydrogens is 442 g/mol. The van der Waals surface area contributed by atoms with Gasteiger partial charge in [-0.05, 0) is 61.0 Å². The van der Waals surface area contributed by atoms with Crippen LogP contribution in [0.3, 0.4) is 0 Å². The van der Waals surface area contributed by atoms with Crippen LogP contribution in [0.15, 0.2) is 54.7 Å². The van der Waals surface area contributed by atoms with E-state index in [1.54, 1.807) is 43.6 Å². The van der Waals surface area contributed by atoms with Gasteiger partial charge in [0, 0.05) is 63.4 Å². The van der Waals surface area contributed by atoms with Crippen molar-refractivity contribution in [1.29, 1.82) is 0 Å². The standard InChI is InChI=1S/C26H33N7O2/c1-4-32-13-15-33(16-14-32)18-20-5-6-22(17-19(20)2)30-26(34)29-21-7-9-23(10-8-21)35-24-11-12-28-25(27-3)31-24/h5-12,17H,4,13-16,18H2,1-3H3,(H,27,28,31)(H2,29,30,34). The van der Waals surface area contributed by atoms with Crippen LogP contribution in [0.1, 0.15) is 18.1 Å². The number of likely N-dealkylation sites (N-methyl/N-ethyl adjacent to an activating group) is 1. The Morgan fingerprint density at radius 2 is 1.66 bits per heavy atom. The molecule has 3 aromatic rings. The predicted molar refractivity (Wildman–Crippen MR) is 139 cm³/mol. The maximum atomic E-state index is 12.5. The number of urea groups is 1. The summed E-state index contributed by atoms with van der Waals surface area (Å²) in [5, 5.41) is 8.64. The highest BCUT2D eigenvalue weighted by atomic mass is 16.5. The van der Waals surface area contributed by atoms with Crippen LogP contribution in [0.4, 0.5) is 22.1 Å². The van der Waals surface area contributed by atoms with Crippen molar-refractivity contribution in [2.75, 3.05) is 55.7 Å². The maximum absolute atomic E-state index is 12.5. The summed E-state index contributed by atoms with van der Waals surface area (Å²) < 4.78 is 5.74. The van der Waals surface area contributed by atoms with Crippen LogP contribution in [0.5, 0.6) is 11.6 Å². The minimum Gasteiger partial charge on any atom is -0.439 e. The van der Waals surface area contributed by atoms with Crippen LogP contribution in [0, 0.1) is 6.92 Å². The van der Waals surface area contributed by atoms with E-state index < -0.39 is 0 Å². The summed E-state index contributed by atoms with van der Waals surface area (Å²) in [7, 11) is 1.75. The van der Waals surface area contributed by atoms with Gasteiger partial charge in [-0.15, -0.1) is 0 Å². The van der Waals surface area contributed by atoms with E-state index in [4.69, 9.17) is 4.74 Å². The van der Waals surface area contributed by atoms with E-state index in [1.165, 1.54) is 11.1 Å². The lowest BCUT2D eigenvalue weighted by Gasteiger charge is -2.34. The molecule has 1 saturated heterocycles. The molecule has 2 aromatic carbocycles. The number of hydrogen-bond acceptors (Lipinski definition) is 7. The second kappa shape index (κ2) is 11.6. The largest absolute Gasteiger partial charge is 0.439 e. The molecule has 4 rings (SSSR count). The first-order valence-electron chi connectivity index (χ1n) is 11.9.